The second-order valence-corrected chi connectivity index (χ2v) is 2.91. The Morgan fingerprint density at radius 2 is 2.27 bits per heavy atom. The van der Waals surface area contributed by atoms with Gasteiger partial charge in [0, 0.05) is 6.04 Å². The van der Waals surface area contributed by atoms with E-state index in [-0.39, 0.29) is 5.96 Å². The van der Waals surface area contributed by atoms with Gasteiger partial charge in [0.1, 0.15) is 0 Å². The highest BCUT2D eigenvalue weighted by molar-refractivity contribution is 5.75. The van der Waals surface area contributed by atoms with Gasteiger partial charge in [-0.05, 0) is 19.4 Å². The van der Waals surface area contributed by atoms with Gasteiger partial charge in [0.2, 0.25) is 0 Å². The topological polar surface area (TPSA) is 76.4 Å². The van der Waals surface area contributed by atoms with Crippen LogP contribution in [0, 0.1) is 0 Å². The minimum atomic E-state index is 0.192. The van der Waals surface area contributed by atoms with Crippen molar-refractivity contribution in [3.63, 3.8) is 0 Å². The minimum absolute atomic E-state index is 0.192. The lowest BCUT2D eigenvalue weighted by atomic mass is 10.1. The Labute approximate surface area is 67.0 Å². The molecule has 1 saturated heterocycles. The fraction of sp³-hybridized carbons (Fsp3) is 0.857. The summed E-state index contributed by atoms with van der Waals surface area (Å²) < 4.78 is 0. The summed E-state index contributed by atoms with van der Waals surface area (Å²) in [5, 5.41) is 3.36. The molecule has 64 valence electrons. The van der Waals surface area contributed by atoms with E-state index in [9.17, 15) is 0 Å². The molecule has 1 fully saturated rings. The number of rotatable bonds is 2. The van der Waals surface area contributed by atoms with Crippen molar-refractivity contribution in [3.8, 4) is 0 Å². The summed E-state index contributed by atoms with van der Waals surface area (Å²) in [5.41, 5.74) is 10.4. The van der Waals surface area contributed by atoms with E-state index in [1.54, 1.807) is 0 Å². The number of aliphatic imine (C=N–C) groups is 1. The smallest absolute Gasteiger partial charge is 0.185 e. The van der Waals surface area contributed by atoms with E-state index in [0.29, 0.717) is 6.04 Å². The number of hydrogen-bond donors (Lipinski definition) is 3. The molecule has 1 atom stereocenters. The van der Waals surface area contributed by atoms with Gasteiger partial charge in [0.15, 0.2) is 5.96 Å². The van der Waals surface area contributed by atoms with Gasteiger partial charge in [-0.1, -0.05) is 6.42 Å². The summed E-state index contributed by atoms with van der Waals surface area (Å²) in [6, 6.07) is 0.492. The highest BCUT2D eigenvalue weighted by atomic mass is 15.0. The molecule has 4 heteroatoms. The van der Waals surface area contributed by atoms with Crippen LogP contribution in [0.5, 0.6) is 0 Å². The summed E-state index contributed by atoms with van der Waals surface area (Å²) in [5.74, 6) is 0.192. The Morgan fingerprint density at radius 3 is 2.82 bits per heavy atom. The summed E-state index contributed by atoms with van der Waals surface area (Å²) in [7, 11) is 0. The number of nitrogens with one attached hydrogen (secondary N) is 1. The molecule has 1 aliphatic heterocycles. The number of nitrogens with two attached hydrogens (primary N) is 2. The van der Waals surface area contributed by atoms with Crippen LogP contribution in [0.25, 0.3) is 0 Å². The van der Waals surface area contributed by atoms with Crippen molar-refractivity contribution >= 4 is 5.96 Å². The molecular formula is C7H16N4. The van der Waals surface area contributed by atoms with Crippen molar-refractivity contribution in [1.29, 1.82) is 0 Å². The maximum atomic E-state index is 5.21. The van der Waals surface area contributed by atoms with Crippen molar-refractivity contribution in [2.75, 3.05) is 13.1 Å². The molecule has 0 saturated carbocycles. The molecule has 1 aliphatic rings. The summed E-state index contributed by atoms with van der Waals surface area (Å²) >= 11 is 0. The first kappa shape index (κ1) is 8.33. The minimum Gasteiger partial charge on any atom is -0.370 e. The molecule has 0 amide bonds. The van der Waals surface area contributed by atoms with Crippen LogP contribution in [0.2, 0.25) is 0 Å². The van der Waals surface area contributed by atoms with Gasteiger partial charge in [-0.25, -0.2) is 0 Å². The van der Waals surface area contributed by atoms with Crippen LogP contribution in [0.3, 0.4) is 0 Å². The summed E-state index contributed by atoms with van der Waals surface area (Å²) in [6.45, 7) is 1.83. The Hall–Kier alpha value is -0.770. The van der Waals surface area contributed by atoms with Gasteiger partial charge in [0.25, 0.3) is 0 Å². The van der Waals surface area contributed by atoms with Crippen molar-refractivity contribution in [2.24, 2.45) is 16.5 Å². The molecule has 1 heterocycles. The van der Waals surface area contributed by atoms with Crippen molar-refractivity contribution in [3.05, 3.63) is 0 Å². The highest BCUT2D eigenvalue weighted by Gasteiger charge is 2.10. The Balaban J connectivity index is 2.19. The van der Waals surface area contributed by atoms with Crippen LogP contribution in [0.4, 0.5) is 0 Å². The molecule has 0 bridgehead atoms. The Morgan fingerprint density at radius 1 is 1.45 bits per heavy atom. The van der Waals surface area contributed by atoms with Crippen LogP contribution in [-0.2, 0) is 0 Å². The third-order valence-corrected chi connectivity index (χ3v) is 1.91. The molecular weight excluding hydrogens is 140 g/mol. The molecule has 4 nitrogen and oxygen atoms in total. The fourth-order valence-corrected chi connectivity index (χ4v) is 1.30. The van der Waals surface area contributed by atoms with Crippen molar-refractivity contribution in [2.45, 2.75) is 25.3 Å². The van der Waals surface area contributed by atoms with Crippen molar-refractivity contribution in [1.82, 2.24) is 5.32 Å². The number of hydrogen-bond acceptors (Lipinski definition) is 2. The maximum absolute atomic E-state index is 5.21. The zero-order valence-electron chi connectivity index (χ0n) is 6.71. The summed E-state index contributed by atoms with van der Waals surface area (Å²) in [4.78, 5) is 3.96. The van der Waals surface area contributed by atoms with Gasteiger partial charge in [-0.3, -0.25) is 4.99 Å². The second kappa shape index (κ2) is 4.18. The predicted molar refractivity (Wildman–Crippen MR) is 46.3 cm³/mol. The lowest BCUT2D eigenvalue weighted by molar-refractivity contribution is 0.408. The molecule has 0 aliphatic carbocycles. The molecule has 1 rings (SSSR count). The van der Waals surface area contributed by atoms with E-state index in [4.69, 9.17) is 11.5 Å². The standard InChI is InChI=1S/C7H16N4/c8-7(9)11-5-6-3-1-2-4-10-6/h6,10H,1-5H2,(H4,8,9,11)/t6-/m1/s1. The van der Waals surface area contributed by atoms with Crippen LogP contribution in [-0.4, -0.2) is 25.1 Å². The monoisotopic (exact) mass is 156 g/mol. The second-order valence-electron chi connectivity index (χ2n) is 2.91. The van der Waals surface area contributed by atoms with Crippen molar-refractivity contribution < 1.29 is 0 Å². The van der Waals surface area contributed by atoms with Crippen LogP contribution < -0.4 is 16.8 Å². The molecule has 0 spiro atoms. The highest BCUT2D eigenvalue weighted by Crippen LogP contribution is 2.06. The molecule has 0 aromatic carbocycles. The molecule has 11 heavy (non-hydrogen) atoms. The Bertz CT molecular complexity index is 133. The van der Waals surface area contributed by atoms with Crippen LogP contribution in [0.1, 0.15) is 19.3 Å². The average molecular weight is 156 g/mol. The lowest BCUT2D eigenvalue weighted by Crippen LogP contribution is -2.37. The van der Waals surface area contributed by atoms with E-state index in [0.717, 1.165) is 13.1 Å². The van der Waals surface area contributed by atoms with Gasteiger partial charge >= 0.3 is 0 Å². The quantitative estimate of drug-likeness (QED) is 0.369. The van der Waals surface area contributed by atoms with Crippen LogP contribution in [0.15, 0.2) is 4.99 Å². The first-order valence-electron chi connectivity index (χ1n) is 4.08. The van der Waals surface area contributed by atoms with Gasteiger partial charge in [-0.15, -0.1) is 0 Å². The lowest BCUT2D eigenvalue weighted by Gasteiger charge is -2.21. The van der Waals surface area contributed by atoms with E-state index in [2.05, 4.69) is 10.3 Å². The van der Waals surface area contributed by atoms with Gasteiger partial charge < -0.3 is 16.8 Å². The molecule has 0 radical (unpaired) electrons. The molecule has 5 N–H and O–H groups in total. The largest absolute Gasteiger partial charge is 0.370 e. The maximum Gasteiger partial charge on any atom is 0.185 e. The average Bonchev–Trinajstić information content (AvgIpc) is 2.03. The number of nitrogens with zero attached hydrogens (tertiary/aromatic N) is 1. The molecule has 0 aromatic heterocycles. The predicted octanol–water partition coefficient (Wildman–Crippen LogP) is -0.598. The van der Waals surface area contributed by atoms with Gasteiger partial charge in [-0.2, -0.15) is 0 Å². The number of guanidine groups is 1. The fourth-order valence-electron chi connectivity index (χ4n) is 1.30. The van der Waals surface area contributed by atoms with E-state index < -0.39 is 0 Å². The normalized spacial score (nSPS) is 24.5. The zero-order chi connectivity index (χ0) is 8.10. The third kappa shape index (κ3) is 3.23. The van der Waals surface area contributed by atoms with E-state index >= 15 is 0 Å². The molecule has 0 aromatic rings. The van der Waals surface area contributed by atoms with Gasteiger partial charge in [0.05, 0.1) is 6.54 Å². The first-order valence-corrected chi connectivity index (χ1v) is 4.08. The third-order valence-electron chi connectivity index (χ3n) is 1.91. The van der Waals surface area contributed by atoms with Crippen LogP contribution >= 0.6 is 0 Å². The summed E-state index contributed by atoms with van der Waals surface area (Å²) in [6.07, 6.45) is 3.76. The van der Waals surface area contributed by atoms with E-state index in [1.807, 2.05) is 0 Å². The SMILES string of the molecule is NC(N)=NC[C@H]1CCCCN1. The van der Waals surface area contributed by atoms with E-state index in [1.165, 1.54) is 19.3 Å². The number of piperidine rings is 1. The first-order chi connectivity index (χ1) is 5.29. The molecule has 0 unspecified atom stereocenters. The zero-order valence-corrected chi connectivity index (χ0v) is 6.71. The Kier molecular flexibility index (Phi) is 3.16.